The number of carbonyl (C=O) groups excluding carboxylic acids is 1. The Hall–Kier alpha value is -3.06. The molecule has 2 aromatic rings. The molecule has 12 nitrogen and oxygen atoms in total. The predicted octanol–water partition coefficient (Wildman–Crippen LogP) is 0.561. The van der Waals surface area contributed by atoms with Crippen LogP contribution in [0.2, 0.25) is 0 Å². The fraction of sp³-hybridized carbons (Fsp3) is 0.524. The average Bonchev–Trinajstić information content (AvgIpc) is 2.79. The van der Waals surface area contributed by atoms with Crippen LogP contribution in [0.25, 0.3) is 0 Å². The molecule has 33 heavy (non-hydrogen) atoms. The van der Waals surface area contributed by atoms with Crippen LogP contribution >= 0.6 is 0 Å². The molecule has 0 radical (unpaired) electrons. The van der Waals surface area contributed by atoms with Crippen molar-refractivity contribution >= 4 is 29.4 Å². The van der Waals surface area contributed by atoms with E-state index in [1.165, 1.54) is 0 Å². The van der Waals surface area contributed by atoms with Crippen LogP contribution in [0.15, 0.2) is 24.3 Å². The first-order chi connectivity index (χ1) is 16.0. The Labute approximate surface area is 193 Å². The van der Waals surface area contributed by atoms with Gasteiger partial charge in [0.05, 0.1) is 33.0 Å². The summed E-state index contributed by atoms with van der Waals surface area (Å²) >= 11 is 0. The monoisotopic (exact) mass is 462 g/mol. The van der Waals surface area contributed by atoms with Gasteiger partial charge >= 0.3 is 0 Å². The second-order valence-corrected chi connectivity index (χ2v) is 7.23. The van der Waals surface area contributed by atoms with E-state index >= 15 is 0 Å². The zero-order chi connectivity index (χ0) is 23.9. The molecule has 1 aromatic heterocycles. The largest absolute Gasteiger partial charge is 0.395 e. The highest BCUT2D eigenvalue weighted by Gasteiger charge is 2.10. The van der Waals surface area contributed by atoms with Crippen molar-refractivity contribution in [2.24, 2.45) is 5.73 Å². The maximum atomic E-state index is 12.5. The Bertz CT molecular complexity index is 853. The van der Waals surface area contributed by atoms with E-state index in [-0.39, 0.29) is 18.6 Å². The van der Waals surface area contributed by atoms with E-state index in [1.54, 1.807) is 24.3 Å². The van der Waals surface area contributed by atoms with Crippen LogP contribution in [0.5, 0.6) is 0 Å². The third-order valence-electron chi connectivity index (χ3n) is 4.00. The van der Waals surface area contributed by atoms with E-state index in [4.69, 9.17) is 20.3 Å². The molecule has 1 amide bonds. The predicted molar refractivity (Wildman–Crippen MR) is 127 cm³/mol. The van der Waals surface area contributed by atoms with Crippen LogP contribution < -0.4 is 27.0 Å². The minimum Gasteiger partial charge on any atom is -0.395 e. The number of hydrogen-bond donors (Lipinski definition) is 6. The smallest absolute Gasteiger partial charge is 0.251 e. The van der Waals surface area contributed by atoms with E-state index in [2.05, 4.69) is 36.2 Å². The van der Waals surface area contributed by atoms with E-state index in [0.29, 0.717) is 75.2 Å². The number of aliphatic hydroxyl groups is 1. The topological polar surface area (TPSA) is 169 Å². The van der Waals surface area contributed by atoms with E-state index in [1.807, 2.05) is 13.8 Å². The van der Waals surface area contributed by atoms with Gasteiger partial charge in [0.25, 0.3) is 5.91 Å². The van der Waals surface area contributed by atoms with Crippen molar-refractivity contribution in [3.8, 4) is 0 Å². The molecule has 12 heteroatoms. The quantitative estimate of drug-likeness (QED) is 0.193. The van der Waals surface area contributed by atoms with Gasteiger partial charge in [0.15, 0.2) is 0 Å². The second-order valence-electron chi connectivity index (χ2n) is 7.23. The molecule has 182 valence electrons. The van der Waals surface area contributed by atoms with Gasteiger partial charge in [-0.25, -0.2) is 0 Å². The zero-order valence-corrected chi connectivity index (χ0v) is 19.1. The highest BCUT2D eigenvalue weighted by molar-refractivity contribution is 5.95. The lowest BCUT2D eigenvalue weighted by atomic mass is 10.2. The molecule has 0 atom stereocenters. The number of aliphatic hydroxyl groups excluding tert-OH is 1. The molecule has 0 bridgehead atoms. The molecule has 1 aromatic carbocycles. The Morgan fingerprint density at radius 1 is 1.03 bits per heavy atom. The number of aromatic nitrogens is 3. The van der Waals surface area contributed by atoms with Crippen molar-refractivity contribution in [1.29, 1.82) is 0 Å². The summed E-state index contributed by atoms with van der Waals surface area (Å²) in [6, 6.07) is 7.12. The zero-order valence-electron chi connectivity index (χ0n) is 19.1. The van der Waals surface area contributed by atoms with Gasteiger partial charge in [-0.3, -0.25) is 4.79 Å². The number of nitrogens with two attached hydrogens (primary N) is 1. The Morgan fingerprint density at radius 2 is 1.76 bits per heavy atom. The Morgan fingerprint density at radius 3 is 2.48 bits per heavy atom. The number of rotatable bonds is 16. The van der Waals surface area contributed by atoms with Gasteiger partial charge in [0.1, 0.15) is 0 Å². The maximum Gasteiger partial charge on any atom is 0.251 e. The van der Waals surface area contributed by atoms with Gasteiger partial charge in [-0.1, -0.05) is 6.07 Å². The van der Waals surface area contributed by atoms with Gasteiger partial charge in [-0.05, 0) is 32.0 Å². The fourth-order valence-electron chi connectivity index (χ4n) is 2.61. The molecule has 0 fully saturated rings. The maximum absolute atomic E-state index is 12.5. The summed E-state index contributed by atoms with van der Waals surface area (Å²) in [6.45, 7) is 6.88. The molecule has 0 aliphatic carbocycles. The number of nitrogens with one attached hydrogen (secondary N) is 4. The number of nitrogens with zero attached hydrogens (tertiary/aromatic N) is 3. The third kappa shape index (κ3) is 10.4. The normalized spacial score (nSPS) is 10.8. The van der Waals surface area contributed by atoms with Crippen molar-refractivity contribution in [3.63, 3.8) is 0 Å². The molecule has 0 saturated heterocycles. The van der Waals surface area contributed by atoms with Crippen LogP contribution in [-0.4, -0.2) is 84.7 Å². The van der Waals surface area contributed by atoms with E-state index < -0.39 is 0 Å². The molecule has 0 aliphatic rings. The second kappa shape index (κ2) is 14.9. The molecule has 0 spiro atoms. The molecule has 0 saturated carbocycles. The summed E-state index contributed by atoms with van der Waals surface area (Å²) in [6.07, 6.45) is 0. The van der Waals surface area contributed by atoms with Crippen molar-refractivity contribution in [3.05, 3.63) is 29.8 Å². The van der Waals surface area contributed by atoms with E-state index in [0.717, 1.165) is 0 Å². The van der Waals surface area contributed by atoms with Crippen LogP contribution in [0.1, 0.15) is 24.2 Å². The number of benzene rings is 1. The molecular formula is C21H34N8O4. The number of carbonyl (C=O) groups is 1. The standard InChI is InChI=1S/C21H34N8O4/c1-15(2)25-20-27-19(24-7-9-30)28-21(29-20)26-17-5-3-4-16(14-17)18(31)23-8-11-33-13-12-32-10-6-22/h3-5,14-15,30H,6-13,22H2,1-2H3,(H,23,31)(H3,24,25,26,27,28,29). The van der Waals surface area contributed by atoms with Crippen molar-refractivity contribution in [2.75, 3.05) is 68.6 Å². The fourth-order valence-corrected chi connectivity index (χ4v) is 2.61. The number of anilines is 4. The lowest BCUT2D eigenvalue weighted by Gasteiger charge is -2.13. The van der Waals surface area contributed by atoms with Crippen LogP contribution in [0.3, 0.4) is 0 Å². The average molecular weight is 463 g/mol. The summed E-state index contributed by atoms with van der Waals surface area (Å²) in [5.41, 5.74) is 6.47. The molecular weight excluding hydrogens is 428 g/mol. The summed E-state index contributed by atoms with van der Waals surface area (Å²) in [4.78, 5) is 25.4. The van der Waals surface area contributed by atoms with Gasteiger partial charge in [0, 0.05) is 36.9 Å². The highest BCUT2D eigenvalue weighted by atomic mass is 16.5. The van der Waals surface area contributed by atoms with Crippen LogP contribution in [0, 0.1) is 0 Å². The number of ether oxygens (including phenoxy) is 2. The first-order valence-corrected chi connectivity index (χ1v) is 10.9. The highest BCUT2D eigenvalue weighted by Crippen LogP contribution is 2.17. The summed E-state index contributed by atoms with van der Waals surface area (Å²) < 4.78 is 10.6. The van der Waals surface area contributed by atoms with Gasteiger partial charge < -0.3 is 41.6 Å². The van der Waals surface area contributed by atoms with Crippen LogP contribution in [-0.2, 0) is 9.47 Å². The molecule has 1 heterocycles. The SMILES string of the molecule is CC(C)Nc1nc(NCCO)nc(Nc2cccc(C(=O)NCCOCCOCCN)c2)n1. The molecule has 7 N–H and O–H groups in total. The first kappa shape index (κ1) is 26.2. The lowest BCUT2D eigenvalue weighted by molar-refractivity contribution is 0.0511. The minimum atomic E-state index is -0.218. The molecule has 0 aliphatic heterocycles. The minimum absolute atomic E-state index is 0.0500. The lowest BCUT2D eigenvalue weighted by Crippen LogP contribution is -2.27. The van der Waals surface area contributed by atoms with E-state index in [9.17, 15) is 4.79 Å². The first-order valence-electron chi connectivity index (χ1n) is 10.9. The van der Waals surface area contributed by atoms with Gasteiger partial charge in [-0.2, -0.15) is 15.0 Å². The summed E-state index contributed by atoms with van der Waals surface area (Å²) in [7, 11) is 0. The Kier molecular flexibility index (Phi) is 11.8. The number of hydrogen-bond acceptors (Lipinski definition) is 11. The van der Waals surface area contributed by atoms with Crippen LogP contribution in [0.4, 0.5) is 23.5 Å². The van der Waals surface area contributed by atoms with Crippen molar-refractivity contribution in [1.82, 2.24) is 20.3 Å². The van der Waals surface area contributed by atoms with Gasteiger partial charge in [-0.15, -0.1) is 0 Å². The molecule has 0 unspecified atom stereocenters. The van der Waals surface area contributed by atoms with Gasteiger partial charge in [0.2, 0.25) is 17.8 Å². The Balaban J connectivity index is 1.93. The number of amides is 1. The third-order valence-corrected chi connectivity index (χ3v) is 4.00. The summed E-state index contributed by atoms with van der Waals surface area (Å²) in [5, 5.41) is 21.0. The van der Waals surface area contributed by atoms with Crippen molar-refractivity contribution < 1.29 is 19.4 Å². The van der Waals surface area contributed by atoms with Crippen molar-refractivity contribution in [2.45, 2.75) is 19.9 Å². The molecule has 2 rings (SSSR count). The summed E-state index contributed by atoms with van der Waals surface area (Å²) in [5.74, 6) is 0.804.